The van der Waals surface area contributed by atoms with E-state index in [0.717, 1.165) is 42.5 Å². The topological polar surface area (TPSA) is 29.5 Å². The standard InChI is InChI=1S/C21H20F3NO2/c22-21(23,24)17-9-7-16(8-10-17)20(19-6-3-13-27-19)18-5-2-1-4-15(18)11-12-25(20)14-26/h1-2,4-5,7-10,14,19H,3,6,11-13H2/t19-,20-/m1/s1. The number of ether oxygens (including phenoxy) is 1. The van der Waals surface area contributed by atoms with E-state index in [-0.39, 0.29) is 6.10 Å². The number of hydrogen-bond acceptors (Lipinski definition) is 2. The van der Waals surface area contributed by atoms with Crippen molar-refractivity contribution in [3.63, 3.8) is 0 Å². The largest absolute Gasteiger partial charge is 0.416 e. The molecule has 2 aliphatic heterocycles. The Morgan fingerprint density at radius 2 is 1.85 bits per heavy atom. The molecule has 1 fully saturated rings. The number of benzene rings is 2. The molecule has 2 aromatic carbocycles. The SMILES string of the molecule is O=CN1CCc2ccccc2[C@]1(c1ccc(C(F)(F)F)cc1)[C@H]1CCCO1. The zero-order chi connectivity index (χ0) is 19.1. The van der Waals surface area contributed by atoms with Crippen LogP contribution in [0, 0.1) is 0 Å². The summed E-state index contributed by atoms with van der Waals surface area (Å²) in [6.07, 6.45) is -1.56. The van der Waals surface area contributed by atoms with Crippen molar-refractivity contribution >= 4 is 6.41 Å². The van der Waals surface area contributed by atoms with Gasteiger partial charge in [-0.2, -0.15) is 13.2 Å². The molecule has 2 aliphatic rings. The fraction of sp³-hybridized carbons (Fsp3) is 0.381. The lowest BCUT2D eigenvalue weighted by Crippen LogP contribution is -2.57. The van der Waals surface area contributed by atoms with E-state index in [1.807, 2.05) is 24.3 Å². The summed E-state index contributed by atoms with van der Waals surface area (Å²) in [5, 5.41) is 0. The zero-order valence-corrected chi connectivity index (χ0v) is 14.7. The van der Waals surface area contributed by atoms with Crippen LogP contribution in [0.5, 0.6) is 0 Å². The van der Waals surface area contributed by atoms with Gasteiger partial charge in [0.2, 0.25) is 6.41 Å². The van der Waals surface area contributed by atoms with Gasteiger partial charge in [0.05, 0.1) is 11.7 Å². The fourth-order valence-corrected chi connectivity index (χ4v) is 4.50. The van der Waals surface area contributed by atoms with Crippen molar-refractivity contribution in [1.29, 1.82) is 0 Å². The van der Waals surface area contributed by atoms with Crippen LogP contribution in [0.4, 0.5) is 13.2 Å². The molecule has 0 aliphatic carbocycles. The first-order chi connectivity index (χ1) is 13.0. The third kappa shape index (κ3) is 2.83. The normalized spacial score (nSPS) is 25.3. The van der Waals surface area contributed by atoms with Gasteiger partial charge in [0, 0.05) is 13.2 Å². The molecule has 27 heavy (non-hydrogen) atoms. The van der Waals surface area contributed by atoms with Crippen molar-refractivity contribution < 1.29 is 22.7 Å². The van der Waals surface area contributed by atoms with Crippen molar-refractivity contribution in [3.8, 4) is 0 Å². The smallest absolute Gasteiger partial charge is 0.375 e. The molecule has 2 heterocycles. The van der Waals surface area contributed by atoms with E-state index in [0.29, 0.717) is 25.1 Å². The molecule has 3 nitrogen and oxygen atoms in total. The first-order valence-corrected chi connectivity index (χ1v) is 9.07. The van der Waals surface area contributed by atoms with Crippen molar-refractivity contribution in [2.75, 3.05) is 13.2 Å². The zero-order valence-electron chi connectivity index (χ0n) is 14.7. The number of carbonyl (C=O) groups excluding carboxylic acids is 1. The molecule has 0 spiro atoms. The first-order valence-electron chi connectivity index (χ1n) is 9.07. The lowest BCUT2D eigenvalue weighted by molar-refractivity contribution is -0.137. The molecule has 4 rings (SSSR count). The summed E-state index contributed by atoms with van der Waals surface area (Å²) >= 11 is 0. The van der Waals surface area contributed by atoms with Gasteiger partial charge in [-0.15, -0.1) is 0 Å². The predicted molar refractivity (Wildman–Crippen MR) is 94.1 cm³/mol. The highest BCUT2D eigenvalue weighted by atomic mass is 19.4. The van der Waals surface area contributed by atoms with Crippen LogP contribution in [-0.2, 0) is 27.7 Å². The molecule has 0 saturated carbocycles. The maximum absolute atomic E-state index is 13.0. The summed E-state index contributed by atoms with van der Waals surface area (Å²) in [5.41, 5.74) is 1.09. The van der Waals surface area contributed by atoms with Gasteiger partial charge in [-0.1, -0.05) is 36.4 Å². The van der Waals surface area contributed by atoms with Crippen LogP contribution in [0.2, 0.25) is 0 Å². The van der Waals surface area contributed by atoms with Gasteiger partial charge in [0.25, 0.3) is 0 Å². The molecule has 0 N–H and O–H groups in total. The third-order valence-corrected chi connectivity index (χ3v) is 5.68. The van der Waals surface area contributed by atoms with Gasteiger partial charge in [-0.25, -0.2) is 0 Å². The Labute approximate surface area is 155 Å². The van der Waals surface area contributed by atoms with E-state index in [1.54, 1.807) is 4.90 Å². The summed E-state index contributed by atoms with van der Waals surface area (Å²) in [7, 11) is 0. The highest BCUT2D eigenvalue weighted by Crippen LogP contribution is 2.47. The van der Waals surface area contributed by atoms with Gasteiger partial charge < -0.3 is 9.64 Å². The maximum atomic E-state index is 13.0. The van der Waals surface area contributed by atoms with Gasteiger partial charge in [-0.3, -0.25) is 4.79 Å². The monoisotopic (exact) mass is 375 g/mol. The minimum absolute atomic E-state index is 0.291. The summed E-state index contributed by atoms with van der Waals surface area (Å²) < 4.78 is 45.2. The molecule has 6 heteroatoms. The molecule has 0 radical (unpaired) electrons. The van der Waals surface area contributed by atoms with E-state index >= 15 is 0 Å². The van der Waals surface area contributed by atoms with Crippen LogP contribution in [0.3, 0.4) is 0 Å². The Hall–Kier alpha value is -2.34. The molecule has 1 saturated heterocycles. The number of carbonyl (C=O) groups is 1. The van der Waals surface area contributed by atoms with Crippen LogP contribution in [0.15, 0.2) is 48.5 Å². The van der Waals surface area contributed by atoms with E-state index in [1.165, 1.54) is 12.1 Å². The van der Waals surface area contributed by atoms with Crippen LogP contribution in [0.1, 0.15) is 35.1 Å². The Morgan fingerprint density at radius 1 is 1.11 bits per heavy atom. The van der Waals surface area contributed by atoms with Gasteiger partial charge in [-0.05, 0) is 48.1 Å². The highest BCUT2D eigenvalue weighted by Gasteiger charge is 2.51. The second-order valence-electron chi connectivity index (χ2n) is 7.05. The second kappa shape index (κ2) is 6.68. The Bertz CT molecular complexity index is 828. The Kier molecular flexibility index (Phi) is 4.46. The number of halogens is 3. The number of fused-ring (bicyclic) bond motifs is 1. The molecule has 0 aromatic heterocycles. The van der Waals surface area contributed by atoms with Crippen molar-refractivity contribution in [1.82, 2.24) is 4.90 Å². The number of amides is 1. The van der Waals surface area contributed by atoms with Crippen molar-refractivity contribution in [2.45, 2.75) is 37.1 Å². The van der Waals surface area contributed by atoms with E-state index in [2.05, 4.69) is 0 Å². The van der Waals surface area contributed by atoms with Gasteiger partial charge in [0.15, 0.2) is 0 Å². The van der Waals surface area contributed by atoms with Crippen LogP contribution in [0.25, 0.3) is 0 Å². The van der Waals surface area contributed by atoms with Gasteiger partial charge in [0.1, 0.15) is 5.54 Å². The molecule has 142 valence electrons. The minimum Gasteiger partial charge on any atom is -0.375 e. The van der Waals surface area contributed by atoms with E-state index in [9.17, 15) is 18.0 Å². The number of rotatable bonds is 3. The van der Waals surface area contributed by atoms with Crippen molar-refractivity contribution in [2.24, 2.45) is 0 Å². The summed E-state index contributed by atoms with van der Waals surface area (Å²) in [5.74, 6) is 0. The molecular weight excluding hydrogens is 355 g/mol. The fourth-order valence-electron chi connectivity index (χ4n) is 4.50. The van der Waals surface area contributed by atoms with Gasteiger partial charge >= 0.3 is 6.18 Å². The molecule has 2 aromatic rings. The van der Waals surface area contributed by atoms with Crippen LogP contribution in [-0.4, -0.2) is 30.6 Å². The Balaban J connectivity index is 1.94. The molecule has 0 bridgehead atoms. The molecular formula is C21H20F3NO2. The Morgan fingerprint density at radius 3 is 2.48 bits per heavy atom. The second-order valence-corrected chi connectivity index (χ2v) is 7.05. The number of hydrogen-bond donors (Lipinski definition) is 0. The van der Waals surface area contributed by atoms with E-state index < -0.39 is 17.3 Å². The highest BCUT2D eigenvalue weighted by molar-refractivity contribution is 5.59. The molecule has 1 amide bonds. The minimum atomic E-state index is -4.40. The van der Waals surface area contributed by atoms with Crippen LogP contribution < -0.4 is 0 Å². The quantitative estimate of drug-likeness (QED) is 0.755. The number of alkyl halides is 3. The average Bonchev–Trinajstić information content (AvgIpc) is 3.21. The lowest BCUT2D eigenvalue weighted by Gasteiger charge is -2.50. The summed E-state index contributed by atoms with van der Waals surface area (Å²) in [4.78, 5) is 13.7. The summed E-state index contributed by atoms with van der Waals surface area (Å²) in [6, 6.07) is 13.0. The third-order valence-electron chi connectivity index (χ3n) is 5.68. The molecule has 2 atom stereocenters. The van der Waals surface area contributed by atoms with E-state index in [4.69, 9.17) is 4.74 Å². The molecule has 0 unspecified atom stereocenters. The maximum Gasteiger partial charge on any atom is 0.416 e. The average molecular weight is 375 g/mol. The summed E-state index contributed by atoms with van der Waals surface area (Å²) in [6.45, 7) is 1.09. The predicted octanol–water partition coefficient (Wildman–Crippen LogP) is 4.14. The lowest BCUT2D eigenvalue weighted by atomic mass is 9.71. The number of nitrogens with zero attached hydrogens (tertiary/aromatic N) is 1. The first kappa shape index (κ1) is 18.0. The van der Waals surface area contributed by atoms with Crippen molar-refractivity contribution in [3.05, 3.63) is 70.8 Å². The van der Waals surface area contributed by atoms with Crippen LogP contribution >= 0.6 is 0 Å².